The molecule has 2 heterocycles. The van der Waals surface area contributed by atoms with Crippen LogP contribution in [0.1, 0.15) is 20.8 Å². The molecule has 0 radical (unpaired) electrons. The van der Waals surface area contributed by atoms with E-state index in [1.54, 1.807) is 0 Å². The first-order valence-electron chi connectivity index (χ1n) is 5.95. The fourth-order valence-electron chi connectivity index (χ4n) is 2.67. The fraction of sp³-hybridized carbons (Fsp3) is 0.727. The Morgan fingerprint density at radius 3 is 2.19 bits per heavy atom. The van der Waals surface area contributed by atoms with Gasteiger partial charge in [-0.25, -0.2) is 4.79 Å². The van der Waals surface area contributed by atoms with Gasteiger partial charge < -0.3 is 20.0 Å². The Hall–Kier alpha value is -1.39. The second kappa shape index (κ2) is 3.88. The monoisotopic (exact) mass is 224 g/mol. The Kier molecular flexibility index (Phi) is 2.69. The molecule has 0 aliphatic carbocycles. The SMILES string of the molecule is C=C1NC2C(N1CC)N(CC)C(=O)N2CC. The number of hydrogen-bond acceptors (Lipinski definition) is 3. The summed E-state index contributed by atoms with van der Waals surface area (Å²) in [7, 11) is 0. The molecule has 0 aromatic heterocycles. The van der Waals surface area contributed by atoms with Crippen LogP contribution >= 0.6 is 0 Å². The number of carbonyl (C=O) groups is 1. The van der Waals surface area contributed by atoms with Crippen molar-refractivity contribution in [3.05, 3.63) is 12.4 Å². The van der Waals surface area contributed by atoms with E-state index in [0.29, 0.717) is 0 Å². The van der Waals surface area contributed by atoms with Crippen molar-refractivity contribution in [2.45, 2.75) is 33.1 Å². The van der Waals surface area contributed by atoms with E-state index in [1.165, 1.54) is 0 Å². The van der Waals surface area contributed by atoms with Gasteiger partial charge >= 0.3 is 6.03 Å². The Morgan fingerprint density at radius 2 is 1.69 bits per heavy atom. The zero-order valence-corrected chi connectivity index (χ0v) is 10.2. The summed E-state index contributed by atoms with van der Waals surface area (Å²) < 4.78 is 0. The largest absolute Gasteiger partial charge is 0.349 e. The molecule has 2 atom stereocenters. The molecule has 2 aliphatic rings. The fourth-order valence-corrected chi connectivity index (χ4v) is 2.67. The van der Waals surface area contributed by atoms with Gasteiger partial charge in [-0.2, -0.15) is 0 Å². The summed E-state index contributed by atoms with van der Waals surface area (Å²) in [4.78, 5) is 18.0. The smallest absolute Gasteiger partial charge is 0.323 e. The molecule has 2 rings (SSSR count). The van der Waals surface area contributed by atoms with Crippen LogP contribution in [0.5, 0.6) is 0 Å². The van der Waals surface area contributed by atoms with E-state index in [4.69, 9.17) is 0 Å². The van der Waals surface area contributed by atoms with Crippen LogP contribution in [0.15, 0.2) is 12.4 Å². The summed E-state index contributed by atoms with van der Waals surface area (Å²) in [6.07, 6.45) is 0.167. The lowest BCUT2D eigenvalue weighted by Crippen LogP contribution is -2.45. The van der Waals surface area contributed by atoms with Crippen LogP contribution in [0.2, 0.25) is 0 Å². The van der Waals surface area contributed by atoms with E-state index in [0.717, 1.165) is 25.5 Å². The van der Waals surface area contributed by atoms with Gasteiger partial charge in [-0.05, 0) is 20.8 Å². The van der Waals surface area contributed by atoms with Gasteiger partial charge in [0.15, 0.2) is 0 Å². The summed E-state index contributed by atoms with van der Waals surface area (Å²) in [5.74, 6) is 0.918. The standard InChI is InChI=1S/C11H20N4O/c1-5-13-8(4)12-9-10(13)15(7-3)11(16)14(9)6-2/h9-10,12H,4-7H2,1-3H3. The van der Waals surface area contributed by atoms with Gasteiger partial charge in [-0.1, -0.05) is 6.58 Å². The van der Waals surface area contributed by atoms with Crippen molar-refractivity contribution < 1.29 is 4.79 Å². The second-order valence-corrected chi connectivity index (χ2v) is 4.09. The van der Waals surface area contributed by atoms with Crippen LogP contribution in [0.25, 0.3) is 0 Å². The van der Waals surface area contributed by atoms with E-state index in [2.05, 4.69) is 23.7 Å². The number of rotatable bonds is 3. The van der Waals surface area contributed by atoms with Crippen molar-refractivity contribution in [3.8, 4) is 0 Å². The first-order chi connectivity index (χ1) is 7.65. The van der Waals surface area contributed by atoms with Crippen molar-refractivity contribution in [2.24, 2.45) is 0 Å². The summed E-state index contributed by atoms with van der Waals surface area (Å²) in [6.45, 7) is 12.4. The summed E-state index contributed by atoms with van der Waals surface area (Å²) >= 11 is 0. The van der Waals surface area contributed by atoms with E-state index >= 15 is 0 Å². The minimum Gasteiger partial charge on any atom is -0.349 e. The normalized spacial score (nSPS) is 28.8. The maximum absolute atomic E-state index is 12.1. The van der Waals surface area contributed by atoms with Gasteiger partial charge in [0.05, 0.1) is 5.82 Å². The molecule has 0 saturated carbocycles. The third kappa shape index (κ3) is 1.27. The second-order valence-electron chi connectivity index (χ2n) is 4.09. The van der Waals surface area contributed by atoms with Crippen LogP contribution in [-0.2, 0) is 0 Å². The molecule has 0 spiro atoms. The number of fused-ring (bicyclic) bond motifs is 1. The first kappa shape index (κ1) is 11.1. The molecule has 0 aromatic rings. The van der Waals surface area contributed by atoms with Crippen LogP contribution in [0.3, 0.4) is 0 Å². The lowest BCUT2D eigenvalue weighted by atomic mass is 10.3. The molecule has 0 bridgehead atoms. The Bertz CT molecular complexity index is 315. The zero-order valence-electron chi connectivity index (χ0n) is 10.2. The minimum absolute atomic E-state index is 0.0601. The quantitative estimate of drug-likeness (QED) is 0.771. The van der Waals surface area contributed by atoms with Crippen molar-refractivity contribution in [1.82, 2.24) is 20.0 Å². The summed E-state index contributed by atoms with van der Waals surface area (Å²) in [5, 5.41) is 3.31. The predicted molar refractivity (Wildman–Crippen MR) is 62.4 cm³/mol. The number of urea groups is 1. The van der Waals surface area contributed by atoms with E-state index in [9.17, 15) is 4.79 Å². The molecule has 0 aromatic carbocycles. The number of hydrogen-bond donors (Lipinski definition) is 1. The molecule has 1 N–H and O–H groups in total. The zero-order chi connectivity index (χ0) is 11.9. The number of carbonyl (C=O) groups excluding carboxylic acids is 1. The highest BCUT2D eigenvalue weighted by atomic mass is 16.2. The molecule has 2 saturated heterocycles. The Morgan fingerprint density at radius 1 is 1.12 bits per heavy atom. The third-order valence-electron chi connectivity index (χ3n) is 3.43. The van der Waals surface area contributed by atoms with Crippen LogP contribution in [0, 0.1) is 0 Å². The van der Waals surface area contributed by atoms with Crippen molar-refractivity contribution in [3.63, 3.8) is 0 Å². The van der Waals surface area contributed by atoms with Gasteiger partial charge in [-0.15, -0.1) is 0 Å². The molecule has 5 nitrogen and oxygen atoms in total. The molecule has 2 unspecified atom stereocenters. The highest BCUT2D eigenvalue weighted by molar-refractivity contribution is 5.78. The molecule has 2 amide bonds. The van der Waals surface area contributed by atoms with Crippen molar-refractivity contribution >= 4 is 6.03 Å². The van der Waals surface area contributed by atoms with E-state index < -0.39 is 0 Å². The van der Waals surface area contributed by atoms with Crippen molar-refractivity contribution in [2.75, 3.05) is 19.6 Å². The Labute approximate surface area is 96.7 Å². The topological polar surface area (TPSA) is 38.8 Å². The van der Waals surface area contributed by atoms with Crippen molar-refractivity contribution in [1.29, 1.82) is 0 Å². The minimum atomic E-state index is 0.0601. The molecule has 90 valence electrons. The summed E-state index contributed by atoms with van der Waals surface area (Å²) in [6, 6.07) is 0.124. The number of likely N-dealkylation sites (N-methyl/N-ethyl adjacent to an activating group) is 3. The maximum atomic E-state index is 12.1. The lowest BCUT2D eigenvalue weighted by Gasteiger charge is -2.29. The van der Waals surface area contributed by atoms with E-state index in [-0.39, 0.29) is 18.4 Å². The molecule has 16 heavy (non-hydrogen) atoms. The average Bonchev–Trinajstić information content (AvgIpc) is 2.70. The number of nitrogens with zero attached hydrogens (tertiary/aromatic N) is 3. The lowest BCUT2D eigenvalue weighted by molar-refractivity contribution is 0.143. The highest BCUT2D eigenvalue weighted by Crippen LogP contribution is 2.30. The van der Waals surface area contributed by atoms with Gasteiger partial charge in [0.1, 0.15) is 12.3 Å². The Balaban J connectivity index is 2.31. The van der Waals surface area contributed by atoms with Gasteiger partial charge in [0, 0.05) is 19.6 Å². The number of amides is 2. The maximum Gasteiger partial charge on any atom is 0.323 e. The molecule has 2 aliphatic heterocycles. The van der Waals surface area contributed by atoms with Crippen LogP contribution in [0.4, 0.5) is 4.79 Å². The van der Waals surface area contributed by atoms with Crippen LogP contribution in [-0.4, -0.2) is 52.7 Å². The summed E-state index contributed by atoms with van der Waals surface area (Å²) in [5.41, 5.74) is 0. The molecular formula is C11H20N4O. The highest BCUT2D eigenvalue weighted by Gasteiger charge is 2.51. The first-order valence-corrected chi connectivity index (χ1v) is 5.95. The molecular weight excluding hydrogens is 204 g/mol. The van der Waals surface area contributed by atoms with E-state index in [1.807, 2.05) is 23.6 Å². The average molecular weight is 224 g/mol. The van der Waals surface area contributed by atoms with Gasteiger partial charge in [-0.3, -0.25) is 0 Å². The predicted octanol–water partition coefficient (Wildman–Crippen LogP) is 0.812. The number of nitrogens with one attached hydrogen (secondary N) is 1. The van der Waals surface area contributed by atoms with Crippen LogP contribution < -0.4 is 5.32 Å². The van der Waals surface area contributed by atoms with Gasteiger partial charge in [0.25, 0.3) is 0 Å². The van der Waals surface area contributed by atoms with Gasteiger partial charge in [0.2, 0.25) is 0 Å². The molecule has 2 fully saturated rings. The molecule has 5 heteroatoms. The third-order valence-corrected chi connectivity index (χ3v) is 3.43.